The standard InChI is InChI=1S/C15H21ClN2O/c1-11(19)12-6-7-15(14(16)9-12)18(3)10-13-5-4-8-17(13)2/h6-7,9,13H,4-5,8,10H2,1-3H3. The molecule has 0 bridgehead atoms. The van der Waals surface area contributed by atoms with Crippen LogP contribution in [0.3, 0.4) is 0 Å². The molecule has 0 aliphatic carbocycles. The van der Waals surface area contributed by atoms with Crippen LogP contribution in [0, 0.1) is 0 Å². The van der Waals surface area contributed by atoms with Gasteiger partial charge in [0.05, 0.1) is 10.7 Å². The Labute approximate surface area is 120 Å². The molecule has 0 aromatic heterocycles. The summed E-state index contributed by atoms with van der Waals surface area (Å²) in [7, 11) is 4.23. The van der Waals surface area contributed by atoms with Gasteiger partial charge in [0.2, 0.25) is 0 Å². The maximum absolute atomic E-state index is 11.3. The van der Waals surface area contributed by atoms with Crippen molar-refractivity contribution < 1.29 is 4.79 Å². The summed E-state index contributed by atoms with van der Waals surface area (Å²) >= 11 is 6.28. The molecule has 0 saturated carbocycles. The third-order valence-corrected chi connectivity index (χ3v) is 4.22. The summed E-state index contributed by atoms with van der Waals surface area (Å²) in [4.78, 5) is 15.9. The quantitative estimate of drug-likeness (QED) is 0.792. The number of carbonyl (C=O) groups excluding carboxylic acids is 1. The Hall–Kier alpha value is -1.06. The lowest BCUT2D eigenvalue weighted by Crippen LogP contribution is -2.36. The minimum absolute atomic E-state index is 0.0478. The number of anilines is 1. The van der Waals surface area contributed by atoms with Crippen molar-refractivity contribution in [1.82, 2.24) is 4.90 Å². The van der Waals surface area contributed by atoms with Gasteiger partial charge in [0, 0.05) is 25.2 Å². The van der Waals surface area contributed by atoms with E-state index in [1.165, 1.54) is 19.4 Å². The van der Waals surface area contributed by atoms with Gasteiger partial charge >= 0.3 is 0 Å². The molecule has 19 heavy (non-hydrogen) atoms. The van der Waals surface area contributed by atoms with Crippen LogP contribution in [0.2, 0.25) is 5.02 Å². The fraction of sp³-hybridized carbons (Fsp3) is 0.533. The second-order valence-corrected chi connectivity index (χ2v) is 5.79. The lowest BCUT2D eigenvalue weighted by molar-refractivity contribution is 0.101. The number of benzene rings is 1. The minimum atomic E-state index is 0.0478. The second kappa shape index (κ2) is 5.93. The Morgan fingerprint density at radius 1 is 1.53 bits per heavy atom. The Morgan fingerprint density at radius 2 is 2.26 bits per heavy atom. The summed E-state index contributed by atoms with van der Waals surface area (Å²) < 4.78 is 0. The molecule has 0 radical (unpaired) electrons. The molecule has 104 valence electrons. The van der Waals surface area contributed by atoms with Crippen LogP contribution in [-0.4, -0.2) is 43.9 Å². The van der Waals surface area contributed by atoms with Gasteiger partial charge in [0.15, 0.2) is 5.78 Å². The van der Waals surface area contributed by atoms with Crippen molar-refractivity contribution in [2.75, 3.05) is 32.1 Å². The van der Waals surface area contributed by atoms with Gasteiger partial charge in [-0.1, -0.05) is 11.6 Å². The summed E-state index contributed by atoms with van der Waals surface area (Å²) in [6.45, 7) is 3.70. The van der Waals surface area contributed by atoms with Crippen molar-refractivity contribution in [2.24, 2.45) is 0 Å². The fourth-order valence-electron chi connectivity index (χ4n) is 2.66. The van der Waals surface area contributed by atoms with Gasteiger partial charge in [-0.3, -0.25) is 4.79 Å². The van der Waals surface area contributed by atoms with Gasteiger partial charge in [-0.2, -0.15) is 0 Å². The van der Waals surface area contributed by atoms with Crippen molar-refractivity contribution in [3.63, 3.8) is 0 Å². The minimum Gasteiger partial charge on any atom is -0.372 e. The van der Waals surface area contributed by atoms with Crippen LogP contribution >= 0.6 is 11.6 Å². The number of hydrogen-bond acceptors (Lipinski definition) is 3. The van der Waals surface area contributed by atoms with Crippen molar-refractivity contribution in [2.45, 2.75) is 25.8 Å². The first-order chi connectivity index (χ1) is 8.99. The summed E-state index contributed by atoms with van der Waals surface area (Å²) in [5.41, 5.74) is 1.66. The van der Waals surface area contributed by atoms with E-state index >= 15 is 0 Å². The average Bonchev–Trinajstić information content (AvgIpc) is 2.74. The number of rotatable bonds is 4. The van der Waals surface area contributed by atoms with E-state index in [9.17, 15) is 4.79 Å². The Kier molecular flexibility index (Phi) is 4.48. The first-order valence-corrected chi connectivity index (χ1v) is 7.08. The number of Topliss-reactive ketones (excluding diaryl/α,β-unsaturated/α-hetero) is 1. The molecule has 1 unspecified atom stereocenters. The van der Waals surface area contributed by atoms with Gasteiger partial charge < -0.3 is 9.80 Å². The zero-order chi connectivity index (χ0) is 14.0. The van der Waals surface area contributed by atoms with Gasteiger partial charge in [-0.15, -0.1) is 0 Å². The molecule has 1 aromatic carbocycles. The van der Waals surface area contributed by atoms with Crippen molar-refractivity contribution in [1.29, 1.82) is 0 Å². The monoisotopic (exact) mass is 280 g/mol. The SMILES string of the molecule is CC(=O)c1ccc(N(C)CC2CCCN2C)c(Cl)c1. The van der Waals surface area contributed by atoms with E-state index < -0.39 is 0 Å². The maximum atomic E-state index is 11.3. The first kappa shape index (κ1) is 14.4. The number of likely N-dealkylation sites (N-methyl/N-ethyl adjacent to an activating group) is 2. The molecule has 3 nitrogen and oxygen atoms in total. The number of halogens is 1. The first-order valence-electron chi connectivity index (χ1n) is 6.71. The summed E-state index contributed by atoms with van der Waals surface area (Å²) in [6.07, 6.45) is 2.51. The van der Waals surface area contributed by atoms with E-state index in [0.29, 0.717) is 16.6 Å². The van der Waals surface area contributed by atoms with Gasteiger partial charge in [-0.25, -0.2) is 0 Å². The molecule has 4 heteroatoms. The van der Waals surface area contributed by atoms with Crippen LogP contribution in [0.4, 0.5) is 5.69 Å². The van der Waals surface area contributed by atoms with Crippen molar-refractivity contribution >= 4 is 23.1 Å². The lowest BCUT2D eigenvalue weighted by Gasteiger charge is -2.28. The van der Waals surface area contributed by atoms with E-state index in [2.05, 4.69) is 23.9 Å². The van der Waals surface area contributed by atoms with E-state index in [1.54, 1.807) is 13.0 Å². The van der Waals surface area contributed by atoms with Crippen LogP contribution in [0.15, 0.2) is 18.2 Å². The highest BCUT2D eigenvalue weighted by Crippen LogP contribution is 2.27. The Balaban J connectivity index is 2.10. The molecule has 0 spiro atoms. The van der Waals surface area contributed by atoms with E-state index in [1.807, 2.05) is 12.1 Å². The number of hydrogen-bond donors (Lipinski definition) is 0. The van der Waals surface area contributed by atoms with Gasteiger partial charge in [0.25, 0.3) is 0 Å². The second-order valence-electron chi connectivity index (χ2n) is 5.38. The third-order valence-electron chi connectivity index (χ3n) is 3.92. The summed E-state index contributed by atoms with van der Waals surface area (Å²) in [5.74, 6) is 0.0478. The molecule has 1 aliphatic rings. The largest absolute Gasteiger partial charge is 0.372 e. The molecule has 1 fully saturated rings. The van der Waals surface area contributed by atoms with E-state index in [4.69, 9.17) is 11.6 Å². The van der Waals surface area contributed by atoms with Crippen LogP contribution in [0.25, 0.3) is 0 Å². The summed E-state index contributed by atoms with van der Waals surface area (Å²) in [5, 5.41) is 0.649. The zero-order valence-electron chi connectivity index (χ0n) is 11.8. The van der Waals surface area contributed by atoms with Crippen LogP contribution < -0.4 is 4.90 Å². The molecular weight excluding hydrogens is 260 g/mol. The predicted molar refractivity (Wildman–Crippen MR) is 80.4 cm³/mol. The highest BCUT2D eigenvalue weighted by molar-refractivity contribution is 6.33. The van der Waals surface area contributed by atoms with Gasteiger partial charge in [0.1, 0.15) is 0 Å². The molecule has 1 saturated heterocycles. The molecule has 1 aromatic rings. The number of likely N-dealkylation sites (tertiary alicyclic amines) is 1. The summed E-state index contributed by atoms with van der Waals surface area (Å²) in [6, 6.07) is 6.13. The highest BCUT2D eigenvalue weighted by Gasteiger charge is 2.22. The number of carbonyl (C=O) groups is 1. The molecule has 1 heterocycles. The highest BCUT2D eigenvalue weighted by atomic mass is 35.5. The van der Waals surface area contributed by atoms with Crippen LogP contribution in [0.5, 0.6) is 0 Å². The molecular formula is C15H21ClN2O. The van der Waals surface area contributed by atoms with Crippen LogP contribution in [0.1, 0.15) is 30.1 Å². The molecule has 2 rings (SSSR count). The van der Waals surface area contributed by atoms with E-state index in [0.717, 1.165) is 12.2 Å². The van der Waals surface area contributed by atoms with Crippen LogP contribution in [-0.2, 0) is 0 Å². The van der Waals surface area contributed by atoms with Gasteiger partial charge in [-0.05, 0) is 51.6 Å². The zero-order valence-corrected chi connectivity index (χ0v) is 12.6. The normalized spacial score (nSPS) is 19.7. The Morgan fingerprint density at radius 3 is 2.79 bits per heavy atom. The molecule has 0 N–H and O–H groups in total. The fourth-order valence-corrected chi connectivity index (χ4v) is 2.98. The topological polar surface area (TPSA) is 23.6 Å². The lowest BCUT2D eigenvalue weighted by atomic mass is 10.1. The predicted octanol–water partition coefficient (Wildman–Crippen LogP) is 3.07. The van der Waals surface area contributed by atoms with E-state index in [-0.39, 0.29) is 5.78 Å². The molecule has 1 aliphatic heterocycles. The molecule has 0 amide bonds. The number of nitrogens with zero attached hydrogens (tertiary/aromatic N) is 2. The van der Waals surface area contributed by atoms with Crippen molar-refractivity contribution in [3.05, 3.63) is 28.8 Å². The maximum Gasteiger partial charge on any atom is 0.159 e. The average molecular weight is 281 g/mol. The molecule has 1 atom stereocenters. The van der Waals surface area contributed by atoms with Crippen molar-refractivity contribution in [3.8, 4) is 0 Å². The smallest absolute Gasteiger partial charge is 0.159 e. The number of ketones is 1. The Bertz CT molecular complexity index is 475. The third kappa shape index (κ3) is 3.28.